The maximum atomic E-state index is 12.5. The maximum absolute atomic E-state index is 12.5. The van der Waals surface area contributed by atoms with Crippen LogP contribution in [-0.2, 0) is 11.3 Å². The van der Waals surface area contributed by atoms with Crippen molar-refractivity contribution in [2.45, 2.75) is 45.4 Å². The normalized spacial score (nSPS) is 11.0. The van der Waals surface area contributed by atoms with Crippen LogP contribution >= 0.6 is 11.8 Å². The number of hydrogen-bond acceptors (Lipinski definition) is 6. The summed E-state index contributed by atoms with van der Waals surface area (Å²) in [5.41, 5.74) is 2.80. The molecule has 1 N–H and O–H groups in total. The molecule has 0 bridgehead atoms. The lowest BCUT2D eigenvalue weighted by Crippen LogP contribution is -2.30. The van der Waals surface area contributed by atoms with Crippen LogP contribution in [0, 0.1) is 6.92 Å². The third kappa shape index (κ3) is 5.38. The molecule has 0 saturated heterocycles. The number of anilines is 2. The number of amides is 1. The first-order valence-corrected chi connectivity index (χ1v) is 11.3. The second-order valence-electron chi connectivity index (χ2n) is 7.36. The SMILES string of the molecule is C=CCn1c(SCC(=O)Nc2ccc(N(CC)C(C)C)cc2)nnc1-c1ccoc1C. The molecule has 31 heavy (non-hydrogen) atoms. The first-order valence-electron chi connectivity index (χ1n) is 10.3. The molecule has 8 heteroatoms. The van der Waals surface area contributed by atoms with Crippen LogP contribution < -0.4 is 10.2 Å². The van der Waals surface area contributed by atoms with E-state index in [1.54, 1.807) is 12.3 Å². The highest BCUT2D eigenvalue weighted by molar-refractivity contribution is 7.99. The van der Waals surface area contributed by atoms with Gasteiger partial charge >= 0.3 is 0 Å². The Balaban J connectivity index is 1.64. The van der Waals surface area contributed by atoms with Gasteiger partial charge in [-0.05, 0) is 58.0 Å². The minimum atomic E-state index is -0.0943. The summed E-state index contributed by atoms with van der Waals surface area (Å²) in [4.78, 5) is 14.8. The number of aromatic nitrogens is 3. The number of carbonyl (C=O) groups excluding carboxylic acids is 1. The summed E-state index contributed by atoms with van der Waals surface area (Å²) < 4.78 is 7.32. The first kappa shape index (κ1) is 22.7. The first-order chi connectivity index (χ1) is 14.9. The second-order valence-corrected chi connectivity index (χ2v) is 8.30. The van der Waals surface area contributed by atoms with Crippen molar-refractivity contribution in [1.82, 2.24) is 14.8 Å². The Morgan fingerprint density at radius 1 is 1.29 bits per heavy atom. The average molecular weight is 440 g/mol. The van der Waals surface area contributed by atoms with Crippen LogP contribution in [0.3, 0.4) is 0 Å². The van der Waals surface area contributed by atoms with Gasteiger partial charge in [-0.2, -0.15) is 0 Å². The van der Waals surface area contributed by atoms with Crippen molar-refractivity contribution in [3.8, 4) is 11.4 Å². The van der Waals surface area contributed by atoms with Gasteiger partial charge in [0.25, 0.3) is 0 Å². The Kier molecular flexibility index (Phi) is 7.57. The fraction of sp³-hybridized carbons (Fsp3) is 0.348. The summed E-state index contributed by atoms with van der Waals surface area (Å²) in [5.74, 6) is 1.61. The van der Waals surface area contributed by atoms with E-state index < -0.39 is 0 Å². The van der Waals surface area contributed by atoms with E-state index in [1.165, 1.54) is 11.8 Å². The number of carbonyl (C=O) groups is 1. The van der Waals surface area contributed by atoms with Gasteiger partial charge in [0.2, 0.25) is 5.91 Å². The molecule has 0 spiro atoms. The van der Waals surface area contributed by atoms with Crippen molar-refractivity contribution in [3.05, 3.63) is 55.0 Å². The van der Waals surface area contributed by atoms with E-state index in [9.17, 15) is 4.79 Å². The van der Waals surface area contributed by atoms with Crippen LogP contribution in [0.5, 0.6) is 0 Å². The van der Waals surface area contributed by atoms with Gasteiger partial charge in [-0.15, -0.1) is 16.8 Å². The zero-order valence-corrected chi connectivity index (χ0v) is 19.3. The number of benzene rings is 1. The van der Waals surface area contributed by atoms with Crippen LogP contribution in [-0.4, -0.2) is 39.0 Å². The molecule has 3 aromatic rings. The third-order valence-electron chi connectivity index (χ3n) is 4.91. The minimum Gasteiger partial charge on any atom is -0.469 e. The molecule has 0 saturated carbocycles. The topological polar surface area (TPSA) is 76.2 Å². The highest BCUT2D eigenvalue weighted by Gasteiger charge is 2.17. The van der Waals surface area contributed by atoms with Crippen LogP contribution in [0.25, 0.3) is 11.4 Å². The molecular formula is C23H29N5O2S. The molecule has 0 radical (unpaired) electrons. The van der Waals surface area contributed by atoms with E-state index in [1.807, 2.05) is 41.8 Å². The number of nitrogens with one attached hydrogen (secondary N) is 1. The van der Waals surface area contributed by atoms with Gasteiger partial charge in [-0.25, -0.2) is 0 Å². The number of allylic oxidation sites excluding steroid dienone is 1. The highest BCUT2D eigenvalue weighted by Crippen LogP contribution is 2.27. The summed E-state index contributed by atoms with van der Waals surface area (Å²) in [6, 6.07) is 10.2. The zero-order chi connectivity index (χ0) is 22.4. The van der Waals surface area contributed by atoms with Gasteiger partial charge in [0, 0.05) is 30.5 Å². The van der Waals surface area contributed by atoms with Crippen molar-refractivity contribution >= 4 is 29.0 Å². The van der Waals surface area contributed by atoms with Gasteiger partial charge in [-0.1, -0.05) is 17.8 Å². The van der Waals surface area contributed by atoms with Gasteiger partial charge in [0.15, 0.2) is 11.0 Å². The molecule has 3 rings (SSSR count). The van der Waals surface area contributed by atoms with Gasteiger partial charge in [0.05, 0.1) is 17.6 Å². The Hall–Kier alpha value is -3.00. The third-order valence-corrected chi connectivity index (χ3v) is 5.87. The van der Waals surface area contributed by atoms with Crippen molar-refractivity contribution < 1.29 is 9.21 Å². The Labute approximate surface area is 187 Å². The molecule has 0 aliphatic heterocycles. The molecular weight excluding hydrogens is 410 g/mol. The quantitative estimate of drug-likeness (QED) is 0.354. The van der Waals surface area contributed by atoms with Crippen molar-refractivity contribution in [2.75, 3.05) is 22.5 Å². The Bertz CT molecular complexity index is 1020. The largest absolute Gasteiger partial charge is 0.469 e. The molecule has 1 aromatic carbocycles. The summed E-state index contributed by atoms with van der Waals surface area (Å²) in [6.07, 6.45) is 3.41. The maximum Gasteiger partial charge on any atom is 0.234 e. The molecule has 2 heterocycles. The molecule has 0 aliphatic rings. The standard InChI is InChI=1S/C23H29N5O2S/c1-6-13-28-22(20-12-14-30-17(20)5)25-26-23(28)31-15-21(29)24-18-8-10-19(11-9-18)27(7-2)16(3)4/h6,8-12,14,16H,1,7,13,15H2,2-5H3,(H,24,29). The van der Waals surface area contributed by atoms with Gasteiger partial charge in [0.1, 0.15) is 5.76 Å². The molecule has 2 aromatic heterocycles. The number of rotatable bonds is 10. The van der Waals surface area contributed by atoms with E-state index in [4.69, 9.17) is 4.42 Å². The minimum absolute atomic E-state index is 0.0943. The van der Waals surface area contributed by atoms with E-state index in [2.05, 4.69) is 47.8 Å². The molecule has 7 nitrogen and oxygen atoms in total. The highest BCUT2D eigenvalue weighted by atomic mass is 32.2. The average Bonchev–Trinajstić information content (AvgIpc) is 3.34. The fourth-order valence-electron chi connectivity index (χ4n) is 3.41. The summed E-state index contributed by atoms with van der Waals surface area (Å²) >= 11 is 1.34. The summed E-state index contributed by atoms with van der Waals surface area (Å²) in [7, 11) is 0. The number of nitrogens with zero attached hydrogens (tertiary/aromatic N) is 4. The molecule has 0 unspecified atom stereocenters. The van der Waals surface area contributed by atoms with E-state index in [0.717, 1.165) is 29.2 Å². The lowest BCUT2D eigenvalue weighted by Gasteiger charge is -2.27. The predicted octanol–water partition coefficient (Wildman–Crippen LogP) is 5.00. The van der Waals surface area contributed by atoms with Crippen molar-refractivity contribution in [3.63, 3.8) is 0 Å². The van der Waals surface area contributed by atoms with E-state index >= 15 is 0 Å². The van der Waals surface area contributed by atoms with Crippen LogP contribution in [0.15, 0.2) is 58.8 Å². The Morgan fingerprint density at radius 3 is 2.61 bits per heavy atom. The zero-order valence-electron chi connectivity index (χ0n) is 18.5. The smallest absolute Gasteiger partial charge is 0.234 e. The monoisotopic (exact) mass is 439 g/mol. The lowest BCUT2D eigenvalue weighted by atomic mass is 10.2. The number of hydrogen-bond donors (Lipinski definition) is 1. The number of aryl methyl sites for hydroxylation is 1. The molecule has 0 aliphatic carbocycles. The second kappa shape index (κ2) is 10.3. The fourth-order valence-corrected chi connectivity index (χ4v) is 4.16. The molecule has 1 amide bonds. The Morgan fingerprint density at radius 2 is 2.03 bits per heavy atom. The molecule has 0 fully saturated rings. The van der Waals surface area contributed by atoms with Crippen molar-refractivity contribution in [2.24, 2.45) is 0 Å². The van der Waals surface area contributed by atoms with Crippen LogP contribution in [0.2, 0.25) is 0 Å². The van der Waals surface area contributed by atoms with Gasteiger partial charge < -0.3 is 14.6 Å². The summed E-state index contributed by atoms with van der Waals surface area (Å²) in [6.45, 7) is 13.7. The van der Waals surface area contributed by atoms with E-state index in [-0.39, 0.29) is 11.7 Å². The predicted molar refractivity (Wildman–Crippen MR) is 127 cm³/mol. The summed E-state index contributed by atoms with van der Waals surface area (Å²) in [5, 5.41) is 12.2. The van der Waals surface area contributed by atoms with E-state index in [0.29, 0.717) is 23.6 Å². The number of thioether (sulfide) groups is 1. The molecule has 164 valence electrons. The van der Waals surface area contributed by atoms with Crippen LogP contribution in [0.1, 0.15) is 26.5 Å². The number of furan rings is 1. The lowest BCUT2D eigenvalue weighted by molar-refractivity contribution is -0.113. The van der Waals surface area contributed by atoms with Crippen LogP contribution in [0.4, 0.5) is 11.4 Å². The van der Waals surface area contributed by atoms with Gasteiger partial charge in [-0.3, -0.25) is 9.36 Å². The van der Waals surface area contributed by atoms with Crippen molar-refractivity contribution in [1.29, 1.82) is 0 Å². The molecule has 0 atom stereocenters.